The number of likely N-dealkylation sites (tertiary alicyclic amines) is 1. The maximum Gasteiger partial charge on any atom is 0.253 e. The quantitative estimate of drug-likeness (QED) is 0.794. The van der Waals surface area contributed by atoms with Crippen LogP contribution >= 0.6 is 0 Å². The van der Waals surface area contributed by atoms with Gasteiger partial charge < -0.3 is 10.2 Å². The normalized spacial score (nSPS) is 19.2. The summed E-state index contributed by atoms with van der Waals surface area (Å²) in [4.78, 5) is 14.2. The van der Waals surface area contributed by atoms with Gasteiger partial charge in [-0.15, -0.1) is 0 Å². The first-order valence-electron chi connectivity index (χ1n) is 6.46. The van der Waals surface area contributed by atoms with Crippen molar-refractivity contribution >= 4 is 5.91 Å². The highest BCUT2D eigenvalue weighted by Gasteiger charge is 2.20. The van der Waals surface area contributed by atoms with Crippen molar-refractivity contribution in [2.45, 2.75) is 25.8 Å². The van der Waals surface area contributed by atoms with Crippen molar-refractivity contribution in [3.63, 3.8) is 0 Å². The van der Waals surface area contributed by atoms with Crippen LogP contribution in [0.25, 0.3) is 0 Å². The first-order chi connectivity index (χ1) is 8.34. The van der Waals surface area contributed by atoms with Gasteiger partial charge in [0.15, 0.2) is 0 Å². The molecule has 1 aromatic carbocycles. The molecule has 90 valence electrons. The third-order valence-electron chi connectivity index (χ3n) is 3.73. The number of hydrogen-bond acceptors (Lipinski definition) is 2. The van der Waals surface area contributed by atoms with E-state index in [-0.39, 0.29) is 5.91 Å². The Morgan fingerprint density at radius 3 is 2.82 bits per heavy atom. The highest BCUT2D eigenvalue weighted by molar-refractivity contribution is 5.94. The summed E-state index contributed by atoms with van der Waals surface area (Å²) in [5.41, 5.74) is 3.54. The van der Waals surface area contributed by atoms with Gasteiger partial charge in [0.2, 0.25) is 0 Å². The first-order valence-corrected chi connectivity index (χ1v) is 6.46. The lowest BCUT2D eigenvalue weighted by Gasteiger charge is -2.20. The second kappa shape index (κ2) is 4.49. The highest BCUT2D eigenvalue weighted by atomic mass is 16.2. The van der Waals surface area contributed by atoms with Gasteiger partial charge in [-0.1, -0.05) is 6.07 Å². The maximum atomic E-state index is 12.2. The molecule has 1 fully saturated rings. The van der Waals surface area contributed by atoms with Crippen LogP contribution < -0.4 is 5.32 Å². The molecule has 0 atom stereocenters. The molecule has 1 saturated heterocycles. The van der Waals surface area contributed by atoms with Crippen LogP contribution in [-0.4, -0.2) is 30.4 Å². The van der Waals surface area contributed by atoms with Crippen LogP contribution in [0.5, 0.6) is 0 Å². The number of amides is 1. The summed E-state index contributed by atoms with van der Waals surface area (Å²) < 4.78 is 0. The summed E-state index contributed by atoms with van der Waals surface area (Å²) in [6, 6.07) is 6.19. The van der Waals surface area contributed by atoms with Gasteiger partial charge in [0, 0.05) is 25.2 Å². The second-order valence-corrected chi connectivity index (χ2v) is 4.91. The van der Waals surface area contributed by atoms with Crippen molar-refractivity contribution in [3.05, 3.63) is 34.9 Å². The maximum absolute atomic E-state index is 12.2. The Hall–Kier alpha value is -1.35. The highest BCUT2D eigenvalue weighted by Crippen LogP contribution is 2.18. The van der Waals surface area contributed by atoms with E-state index < -0.39 is 0 Å². The van der Waals surface area contributed by atoms with Gasteiger partial charge in [-0.05, 0) is 49.1 Å². The molecule has 1 N–H and O–H groups in total. The number of carbonyl (C=O) groups excluding carboxylic acids is 1. The molecule has 3 rings (SSSR count). The molecular formula is C14H18N2O. The molecule has 2 aliphatic heterocycles. The fourth-order valence-electron chi connectivity index (χ4n) is 2.72. The number of hydrogen-bond donors (Lipinski definition) is 1. The van der Waals surface area contributed by atoms with Gasteiger partial charge in [0.25, 0.3) is 5.91 Å². The molecule has 0 aliphatic carbocycles. The number of nitrogens with one attached hydrogen (secondary N) is 1. The minimum atomic E-state index is 0.205. The van der Waals surface area contributed by atoms with Crippen LogP contribution in [0, 0.1) is 0 Å². The van der Waals surface area contributed by atoms with E-state index in [2.05, 4.69) is 17.4 Å². The van der Waals surface area contributed by atoms with Crippen molar-refractivity contribution in [1.29, 1.82) is 0 Å². The number of fused-ring (bicyclic) bond motifs is 1. The van der Waals surface area contributed by atoms with E-state index in [0.29, 0.717) is 0 Å². The largest absolute Gasteiger partial charge is 0.339 e. The summed E-state index contributed by atoms with van der Waals surface area (Å²) >= 11 is 0. The van der Waals surface area contributed by atoms with Gasteiger partial charge in [0.05, 0.1) is 0 Å². The number of rotatable bonds is 1. The van der Waals surface area contributed by atoms with Crippen molar-refractivity contribution in [3.8, 4) is 0 Å². The molecule has 1 aromatic rings. The molecule has 3 heteroatoms. The molecule has 2 heterocycles. The number of benzene rings is 1. The molecule has 17 heavy (non-hydrogen) atoms. The SMILES string of the molecule is O=C(c1ccc2c(c1)CNCC2)N1CCCC1. The number of nitrogens with zero attached hydrogens (tertiary/aromatic N) is 1. The smallest absolute Gasteiger partial charge is 0.253 e. The molecule has 0 unspecified atom stereocenters. The number of carbonyl (C=O) groups is 1. The minimum absolute atomic E-state index is 0.205. The minimum Gasteiger partial charge on any atom is -0.339 e. The molecule has 0 bridgehead atoms. The van der Waals surface area contributed by atoms with E-state index in [1.165, 1.54) is 11.1 Å². The Kier molecular flexibility index (Phi) is 2.85. The average molecular weight is 230 g/mol. The Labute approximate surface area is 102 Å². The lowest BCUT2D eigenvalue weighted by atomic mass is 9.98. The Balaban J connectivity index is 1.85. The predicted octanol–water partition coefficient (Wildman–Crippen LogP) is 1.57. The zero-order valence-corrected chi connectivity index (χ0v) is 10.0. The van der Waals surface area contributed by atoms with Crippen LogP contribution in [0.2, 0.25) is 0 Å². The summed E-state index contributed by atoms with van der Waals surface area (Å²) in [6.45, 7) is 3.80. The molecule has 0 aromatic heterocycles. The summed E-state index contributed by atoms with van der Waals surface area (Å²) in [5.74, 6) is 0.205. The predicted molar refractivity (Wildman–Crippen MR) is 67.0 cm³/mol. The third-order valence-corrected chi connectivity index (χ3v) is 3.73. The van der Waals surface area contributed by atoms with Gasteiger partial charge in [-0.2, -0.15) is 0 Å². The Morgan fingerprint density at radius 1 is 1.18 bits per heavy atom. The topological polar surface area (TPSA) is 32.3 Å². The van der Waals surface area contributed by atoms with E-state index in [1.807, 2.05) is 11.0 Å². The fraction of sp³-hybridized carbons (Fsp3) is 0.500. The van der Waals surface area contributed by atoms with Crippen LogP contribution in [0.15, 0.2) is 18.2 Å². The Morgan fingerprint density at radius 2 is 2.00 bits per heavy atom. The van der Waals surface area contributed by atoms with Crippen LogP contribution in [-0.2, 0) is 13.0 Å². The van der Waals surface area contributed by atoms with Crippen molar-refractivity contribution in [2.75, 3.05) is 19.6 Å². The van der Waals surface area contributed by atoms with Crippen molar-refractivity contribution in [1.82, 2.24) is 10.2 Å². The molecule has 0 saturated carbocycles. The van der Waals surface area contributed by atoms with Crippen LogP contribution in [0.1, 0.15) is 34.3 Å². The summed E-state index contributed by atoms with van der Waals surface area (Å²) in [5, 5.41) is 3.35. The zero-order valence-electron chi connectivity index (χ0n) is 10.0. The second-order valence-electron chi connectivity index (χ2n) is 4.91. The van der Waals surface area contributed by atoms with E-state index >= 15 is 0 Å². The van der Waals surface area contributed by atoms with E-state index in [9.17, 15) is 4.79 Å². The molecular weight excluding hydrogens is 212 g/mol. The third kappa shape index (κ3) is 2.07. The van der Waals surface area contributed by atoms with Gasteiger partial charge in [-0.25, -0.2) is 0 Å². The molecule has 2 aliphatic rings. The van der Waals surface area contributed by atoms with Gasteiger partial charge >= 0.3 is 0 Å². The van der Waals surface area contributed by atoms with Crippen LogP contribution in [0.3, 0.4) is 0 Å². The average Bonchev–Trinajstić information content (AvgIpc) is 2.91. The van der Waals surface area contributed by atoms with E-state index in [1.54, 1.807) is 0 Å². The van der Waals surface area contributed by atoms with Crippen molar-refractivity contribution < 1.29 is 4.79 Å². The van der Waals surface area contributed by atoms with Crippen LogP contribution in [0.4, 0.5) is 0 Å². The fourth-order valence-corrected chi connectivity index (χ4v) is 2.72. The summed E-state index contributed by atoms with van der Waals surface area (Å²) in [7, 11) is 0. The molecule has 0 radical (unpaired) electrons. The van der Waals surface area contributed by atoms with E-state index in [0.717, 1.165) is 51.0 Å². The van der Waals surface area contributed by atoms with Gasteiger partial charge in [0.1, 0.15) is 0 Å². The zero-order chi connectivity index (χ0) is 11.7. The lowest BCUT2D eigenvalue weighted by Crippen LogP contribution is -2.29. The van der Waals surface area contributed by atoms with Gasteiger partial charge in [-0.3, -0.25) is 4.79 Å². The standard InChI is InChI=1S/C14H18N2O/c17-14(16-7-1-2-8-16)12-4-3-11-5-6-15-10-13(11)9-12/h3-4,9,15H,1-2,5-8,10H2. The van der Waals surface area contributed by atoms with Crippen molar-refractivity contribution in [2.24, 2.45) is 0 Å². The molecule has 3 nitrogen and oxygen atoms in total. The molecule has 1 amide bonds. The lowest BCUT2D eigenvalue weighted by molar-refractivity contribution is 0.0792. The Bertz CT molecular complexity index is 436. The monoisotopic (exact) mass is 230 g/mol. The molecule has 0 spiro atoms. The summed E-state index contributed by atoms with van der Waals surface area (Å²) in [6.07, 6.45) is 3.38. The first kappa shape index (κ1) is 10.8. The van der Waals surface area contributed by atoms with E-state index in [4.69, 9.17) is 0 Å².